The molecule has 1 aliphatic rings. The van der Waals surface area contributed by atoms with E-state index < -0.39 is 0 Å². The summed E-state index contributed by atoms with van der Waals surface area (Å²) in [7, 11) is 0. The van der Waals surface area contributed by atoms with Crippen LogP contribution in [0.25, 0.3) is 0 Å². The van der Waals surface area contributed by atoms with E-state index in [9.17, 15) is 4.79 Å². The molecule has 0 unspecified atom stereocenters. The molecule has 3 nitrogen and oxygen atoms in total. The molecule has 0 aromatic carbocycles. The first-order valence-electron chi connectivity index (χ1n) is 5.94. The van der Waals surface area contributed by atoms with Crippen LogP contribution < -0.4 is 0 Å². The van der Waals surface area contributed by atoms with Crippen LogP contribution in [-0.4, -0.2) is 28.9 Å². The lowest BCUT2D eigenvalue weighted by Crippen LogP contribution is -2.29. The van der Waals surface area contributed by atoms with Crippen LogP contribution in [0.1, 0.15) is 37.4 Å². The van der Waals surface area contributed by atoms with E-state index in [1.54, 1.807) is 11.3 Å². The molecular formula is C12H20N2OS. The van der Waals surface area contributed by atoms with Gasteiger partial charge >= 0.3 is 0 Å². The summed E-state index contributed by atoms with van der Waals surface area (Å²) >= 11 is 1.61. The molecule has 0 N–H and O–H groups in total. The SMILES string of the molecule is CC.Cc1nc(CC(=O)N2CCCC2)cs1. The summed E-state index contributed by atoms with van der Waals surface area (Å²) in [6, 6.07) is 0. The summed E-state index contributed by atoms with van der Waals surface area (Å²) in [5, 5.41) is 3.01. The molecule has 1 aromatic rings. The van der Waals surface area contributed by atoms with Gasteiger partial charge in [0.25, 0.3) is 0 Å². The molecule has 0 aliphatic carbocycles. The van der Waals surface area contributed by atoms with Gasteiger partial charge in [-0.05, 0) is 19.8 Å². The Bertz CT molecular complexity index is 330. The van der Waals surface area contributed by atoms with Gasteiger partial charge in [0.1, 0.15) is 0 Å². The number of thiazole rings is 1. The maximum absolute atomic E-state index is 11.7. The highest BCUT2D eigenvalue weighted by Gasteiger charge is 2.18. The van der Waals surface area contributed by atoms with E-state index in [0.29, 0.717) is 6.42 Å². The topological polar surface area (TPSA) is 33.2 Å². The van der Waals surface area contributed by atoms with Crippen molar-refractivity contribution in [2.75, 3.05) is 13.1 Å². The highest BCUT2D eigenvalue weighted by atomic mass is 32.1. The van der Waals surface area contributed by atoms with E-state index in [2.05, 4.69) is 4.98 Å². The predicted molar refractivity (Wildman–Crippen MR) is 67.7 cm³/mol. The number of nitrogens with zero attached hydrogens (tertiary/aromatic N) is 2. The van der Waals surface area contributed by atoms with Crippen molar-refractivity contribution in [3.8, 4) is 0 Å². The molecule has 2 heterocycles. The second kappa shape index (κ2) is 6.63. The number of aryl methyl sites for hydroxylation is 1. The molecule has 4 heteroatoms. The van der Waals surface area contributed by atoms with Crippen LogP contribution in [0.2, 0.25) is 0 Å². The van der Waals surface area contributed by atoms with Crippen molar-refractivity contribution in [2.45, 2.75) is 40.0 Å². The third-order valence-corrected chi connectivity index (χ3v) is 3.28. The fraction of sp³-hybridized carbons (Fsp3) is 0.667. The molecule has 0 bridgehead atoms. The quantitative estimate of drug-likeness (QED) is 0.796. The highest BCUT2D eigenvalue weighted by Crippen LogP contribution is 2.12. The average molecular weight is 240 g/mol. The van der Waals surface area contributed by atoms with E-state index in [1.807, 2.05) is 31.1 Å². The number of aromatic nitrogens is 1. The normalized spacial score (nSPS) is 14.6. The smallest absolute Gasteiger partial charge is 0.228 e. The first-order chi connectivity index (χ1) is 7.75. The molecule has 1 aliphatic heterocycles. The molecule has 1 fully saturated rings. The number of likely N-dealkylation sites (tertiary alicyclic amines) is 1. The largest absolute Gasteiger partial charge is 0.342 e. The van der Waals surface area contributed by atoms with Crippen molar-refractivity contribution in [1.29, 1.82) is 0 Å². The summed E-state index contributed by atoms with van der Waals surface area (Å²) in [6.07, 6.45) is 2.79. The first-order valence-corrected chi connectivity index (χ1v) is 6.82. The maximum Gasteiger partial charge on any atom is 0.228 e. The monoisotopic (exact) mass is 240 g/mol. The minimum Gasteiger partial charge on any atom is -0.342 e. The van der Waals surface area contributed by atoms with Gasteiger partial charge in [0, 0.05) is 18.5 Å². The Labute approximate surface area is 101 Å². The zero-order valence-corrected chi connectivity index (χ0v) is 11.1. The van der Waals surface area contributed by atoms with Crippen molar-refractivity contribution in [3.05, 3.63) is 16.1 Å². The van der Waals surface area contributed by atoms with Gasteiger partial charge in [-0.1, -0.05) is 13.8 Å². The lowest BCUT2D eigenvalue weighted by atomic mass is 10.3. The van der Waals surface area contributed by atoms with Gasteiger partial charge in [0.2, 0.25) is 5.91 Å². The Morgan fingerprint density at radius 2 is 2.06 bits per heavy atom. The van der Waals surface area contributed by atoms with Crippen LogP contribution in [0, 0.1) is 6.92 Å². The standard InChI is InChI=1S/C10H14N2OS.C2H6/c1-8-11-9(7-14-8)6-10(13)12-4-2-3-5-12;1-2/h7H,2-6H2,1H3;1-2H3. The minimum atomic E-state index is 0.229. The number of hydrogen-bond donors (Lipinski definition) is 0. The van der Waals surface area contributed by atoms with Crippen molar-refractivity contribution in [3.63, 3.8) is 0 Å². The van der Waals surface area contributed by atoms with Gasteiger partial charge in [-0.2, -0.15) is 0 Å². The van der Waals surface area contributed by atoms with Gasteiger partial charge in [0.15, 0.2) is 0 Å². The number of carbonyl (C=O) groups is 1. The minimum absolute atomic E-state index is 0.229. The van der Waals surface area contributed by atoms with Gasteiger partial charge in [-0.3, -0.25) is 4.79 Å². The highest BCUT2D eigenvalue weighted by molar-refractivity contribution is 7.09. The average Bonchev–Trinajstić information content (AvgIpc) is 2.92. The Hall–Kier alpha value is -0.900. The zero-order chi connectivity index (χ0) is 12.0. The summed E-state index contributed by atoms with van der Waals surface area (Å²) in [6.45, 7) is 7.83. The Morgan fingerprint density at radius 1 is 1.44 bits per heavy atom. The van der Waals surface area contributed by atoms with Crippen LogP contribution >= 0.6 is 11.3 Å². The third kappa shape index (κ3) is 3.59. The molecule has 2 rings (SSSR count). The Balaban J connectivity index is 0.000000606. The lowest BCUT2D eigenvalue weighted by Gasteiger charge is -2.13. The van der Waals surface area contributed by atoms with E-state index in [1.165, 1.54) is 0 Å². The van der Waals surface area contributed by atoms with E-state index in [4.69, 9.17) is 0 Å². The lowest BCUT2D eigenvalue weighted by molar-refractivity contribution is -0.129. The second-order valence-corrected chi connectivity index (χ2v) is 4.68. The molecule has 0 spiro atoms. The van der Waals surface area contributed by atoms with E-state index in [0.717, 1.165) is 36.6 Å². The molecule has 90 valence electrons. The van der Waals surface area contributed by atoms with Crippen LogP contribution in [0.15, 0.2) is 5.38 Å². The van der Waals surface area contributed by atoms with E-state index >= 15 is 0 Å². The summed E-state index contributed by atoms with van der Waals surface area (Å²) in [5.41, 5.74) is 0.921. The number of carbonyl (C=O) groups excluding carboxylic acids is 1. The summed E-state index contributed by atoms with van der Waals surface area (Å²) in [4.78, 5) is 17.9. The molecule has 0 radical (unpaired) electrons. The van der Waals surface area contributed by atoms with Crippen molar-refractivity contribution in [1.82, 2.24) is 9.88 Å². The molecule has 1 saturated heterocycles. The Kier molecular flexibility index (Phi) is 5.46. The summed E-state index contributed by atoms with van der Waals surface area (Å²) in [5.74, 6) is 0.229. The van der Waals surface area contributed by atoms with Gasteiger partial charge in [-0.25, -0.2) is 4.98 Å². The van der Waals surface area contributed by atoms with Crippen molar-refractivity contribution >= 4 is 17.2 Å². The second-order valence-electron chi connectivity index (χ2n) is 3.62. The first kappa shape index (κ1) is 13.2. The van der Waals surface area contributed by atoms with Crippen molar-refractivity contribution in [2.24, 2.45) is 0 Å². The fourth-order valence-corrected chi connectivity index (χ4v) is 2.34. The Morgan fingerprint density at radius 3 is 2.56 bits per heavy atom. The number of amides is 1. The number of rotatable bonds is 2. The van der Waals surface area contributed by atoms with Crippen molar-refractivity contribution < 1.29 is 4.79 Å². The van der Waals surface area contributed by atoms with Crippen LogP contribution in [0.3, 0.4) is 0 Å². The third-order valence-electron chi connectivity index (χ3n) is 2.46. The molecule has 0 saturated carbocycles. The van der Waals surface area contributed by atoms with Gasteiger partial charge in [0.05, 0.1) is 17.1 Å². The zero-order valence-electron chi connectivity index (χ0n) is 10.3. The molecule has 16 heavy (non-hydrogen) atoms. The van der Waals surface area contributed by atoms with E-state index in [-0.39, 0.29) is 5.91 Å². The van der Waals surface area contributed by atoms with Gasteiger partial charge in [-0.15, -0.1) is 11.3 Å². The molecule has 0 atom stereocenters. The van der Waals surface area contributed by atoms with Crippen LogP contribution in [0.5, 0.6) is 0 Å². The molecule has 1 aromatic heterocycles. The molecular weight excluding hydrogens is 220 g/mol. The summed E-state index contributed by atoms with van der Waals surface area (Å²) < 4.78 is 0. The van der Waals surface area contributed by atoms with Gasteiger partial charge < -0.3 is 4.90 Å². The van der Waals surface area contributed by atoms with Crippen LogP contribution in [-0.2, 0) is 11.2 Å². The molecule has 1 amide bonds. The maximum atomic E-state index is 11.7. The predicted octanol–water partition coefficient (Wildman–Crippen LogP) is 2.64. The van der Waals surface area contributed by atoms with Crippen LogP contribution in [0.4, 0.5) is 0 Å². The fourth-order valence-electron chi connectivity index (χ4n) is 1.72. The number of hydrogen-bond acceptors (Lipinski definition) is 3.